The third-order valence-electron chi connectivity index (χ3n) is 4.63. The Kier molecular flexibility index (Phi) is 7.11. The van der Waals surface area contributed by atoms with E-state index in [0.29, 0.717) is 46.0 Å². The van der Waals surface area contributed by atoms with Crippen molar-refractivity contribution >= 4 is 12.0 Å². The molecule has 2 heterocycles. The predicted octanol–water partition coefficient (Wildman–Crippen LogP) is 0.821. The highest BCUT2D eigenvalue weighted by atomic mass is 16.6. The van der Waals surface area contributed by atoms with Crippen molar-refractivity contribution in [2.45, 2.75) is 38.6 Å². The fourth-order valence-corrected chi connectivity index (χ4v) is 2.99. The van der Waals surface area contributed by atoms with Crippen molar-refractivity contribution in [1.82, 2.24) is 9.80 Å². The van der Waals surface area contributed by atoms with Gasteiger partial charge in [-0.2, -0.15) is 0 Å². The van der Waals surface area contributed by atoms with E-state index < -0.39 is 6.04 Å². The van der Waals surface area contributed by atoms with Gasteiger partial charge in [-0.05, 0) is 25.2 Å². The summed E-state index contributed by atoms with van der Waals surface area (Å²) in [5, 5.41) is 0. The van der Waals surface area contributed by atoms with E-state index in [1.165, 1.54) is 0 Å². The normalized spacial score (nSPS) is 21.1. The summed E-state index contributed by atoms with van der Waals surface area (Å²) < 4.78 is 10.5. The first-order valence-corrected chi connectivity index (χ1v) is 8.67. The summed E-state index contributed by atoms with van der Waals surface area (Å²) in [6, 6.07) is -0.457. The minimum absolute atomic E-state index is 0.00380. The summed E-state index contributed by atoms with van der Waals surface area (Å²) >= 11 is 0. The Labute approximate surface area is 138 Å². The van der Waals surface area contributed by atoms with E-state index in [4.69, 9.17) is 15.2 Å². The first kappa shape index (κ1) is 18.0. The number of ether oxygens (including phenoxy) is 2. The standard InChI is InChI=1S/C16H29N3O4/c1-2-3-10-23-16(21)19-8-6-18(7-9-19)15(20)14(17)13-4-11-22-12-5-13/h13-14H,2-12,17H2,1H3. The van der Waals surface area contributed by atoms with Gasteiger partial charge in [-0.15, -0.1) is 0 Å². The second kappa shape index (κ2) is 9.08. The van der Waals surface area contributed by atoms with E-state index in [1.807, 2.05) is 0 Å². The largest absolute Gasteiger partial charge is 0.449 e. The van der Waals surface area contributed by atoms with Crippen LogP contribution in [0.4, 0.5) is 4.79 Å². The van der Waals surface area contributed by atoms with Gasteiger partial charge in [-0.1, -0.05) is 13.3 Å². The quantitative estimate of drug-likeness (QED) is 0.756. The molecule has 0 aromatic heterocycles. The minimum Gasteiger partial charge on any atom is -0.449 e. The second-order valence-electron chi connectivity index (χ2n) is 6.26. The van der Waals surface area contributed by atoms with Crippen molar-refractivity contribution in [3.05, 3.63) is 0 Å². The summed E-state index contributed by atoms with van der Waals surface area (Å²) in [5.74, 6) is 0.198. The van der Waals surface area contributed by atoms with Crippen molar-refractivity contribution in [3.8, 4) is 0 Å². The highest BCUT2D eigenvalue weighted by molar-refractivity contribution is 5.82. The van der Waals surface area contributed by atoms with Gasteiger partial charge in [-0.25, -0.2) is 4.79 Å². The van der Waals surface area contributed by atoms with Gasteiger partial charge < -0.3 is 25.0 Å². The average molecular weight is 327 g/mol. The van der Waals surface area contributed by atoms with Crippen LogP contribution in [0, 0.1) is 5.92 Å². The number of nitrogens with two attached hydrogens (primary N) is 1. The monoisotopic (exact) mass is 327 g/mol. The van der Waals surface area contributed by atoms with Crippen LogP contribution in [-0.2, 0) is 14.3 Å². The lowest BCUT2D eigenvalue weighted by Crippen LogP contribution is -2.56. The minimum atomic E-state index is -0.457. The number of hydrogen-bond acceptors (Lipinski definition) is 5. The van der Waals surface area contributed by atoms with E-state index in [0.717, 1.165) is 25.7 Å². The van der Waals surface area contributed by atoms with Crippen LogP contribution in [0.25, 0.3) is 0 Å². The molecule has 0 aromatic carbocycles. The average Bonchev–Trinajstić information content (AvgIpc) is 2.61. The van der Waals surface area contributed by atoms with Crippen molar-refractivity contribution in [3.63, 3.8) is 0 Å². The third kappa shape index (κ3) is 5.07. The molecule has 7 nitrogen and oxygen atoms in total. The molecule has 0 saturated carbocycles. The zero-order valence-electron chi connectivity index (χ0n) is 14.0. The van der Waals surface area contributed by atoms with Crippen LogP contribution in [0.15, 0.2) is 0 Å². The summed E-state index contributed by atoms with van der Waals surface area (Å²) in [7, 11) is 0. The summed E-state index contributed by atoms with van der Waals surface area (Å²) in [4.78, 5) is 27.8. The first-order valence-electron chi connectivity index (χ1n) is 8.67. The van der Waals surface area contributed by atoms with Gasteiger partial charge in [0.2, 0.25) is 5.91 Å². The van der Waals surface area contributed by atoms with Crippen LogP contribution in [0.1, 0.15) is 32.6 Å². The number of unbranched alkanes of at least 4 members (excludes halogenated alkanes) is 1. The van der Waals surface area contributed by atoms with Crippen LogP contribution in [-0.4, -0.2) is 73.8 Å². The molecule has 0 spiro atoms. The molecule has 1 unspecified atom stereocenters. The second-order valence-corrected chi connectivity index (χ2v) is 6.26. The van der Waals surface area contributed by atoms with E-state index in [9.17, 15) is 9.59 Å². The number of nitrogens with zero attached hydrogens (tertiary/aromatic N) is 2. The van der Waals surface area contributed by atoms with Gasteiger partial charge in [0.25, 0.3) is 0 Å². The lowest BCUT2D eigenvalue weighted by atomic mass is 9.91. The number of rotatable bonds is 5. The molecule has 2 rings (SSSR count). The Hall–Kier alpha value is -1.34. The molecular weight excluding hydrogens is 298 g/mol. The maximum atomic E-state index is 12.5. The molecule has 7 heteroatoms. The van der Waals surface area contributed by atoms with E-state index in [2.05, 4.69) is 6.92 Å². The fourth-order valence-electron chi connectivity index (χ4n) is 2.99. The van der Waals surface area contributed by atoms with Crippen molar-refractivity contribution in [2.24, 2.45) is 11.7 Å². The molecule has 2 aliphatic rings. The van der Waals surface area contributed by atoms with Gasteiger partial charge in [-0.3, -0.25) is 4.79 Å². The van der Waals surface area contributed by atoms with E-state index in [1.54, 1.807) is 9.80 Å². The summed E-state index contributed by atoms with van der Waals surface area (Å²) in [5.41, 5.74) is 6.15. The molecule has 2 amide bonds. The predicted molar refractivity (Wildman–Crippen MR) is 85.9 cm³/mol. The van der Waals surface area contributed by atoms with Crippen molar-refractivity contribution in [2.75, 3.05) is 46.0 Å². The molecule has 132 valence electrons. The van der Waals surface area contributed by atoms with Gasteiger partial charge >= 0.3 is 6.09 Å². The van der Waals surface area contributed by atoms with Gasteiger partial charge in [0.15, 0.2) is 0 Å². The molecule has 0 aromatic rings. The number of carbonyl (C=O) groups is 2. The van der Waals surface area contributed by atoms with Crippen molar-refractivity contribution in [1.29, 1.82) is 0 Å². The molecule has 1 atom stereocenters. The Balaban J connectivity index is 1.74. The zero-order valence-corrected chi connectivity index (χ0v) is 14.0. The SMILES string of the molecule is CCCCOC(=O)N1CCN(C(=O)C(N)C2CCOCC2)CC1. The fraction of sp³-hybridized carbons (Fsp3) is 0.875. The van der Waals surface area contributed by atoms with Crippen LogP contribution in [0.3, 0.4) is 0 Å². The summed E-state index contributed by atoms with van der Waals surface area (Å²) in [6.07, 6.45) is 3.29. The molecule has 0 radical (unpaired) electrons. The van der Waals surface area contributed by atoms with E-state index >= 15 is 0 Å². The van der Waals surface area contributed by atoms with Crippen LogP contribution < -0.4 is 5.73 Å². The topological polar surface area (TPSA) is 85.1 Å². The van der Waals surface area contributed by atoms with Gasteiger partial charge in [0, 0.05) is 39.4 Å². The number of amides is 2. The molecule has 23 heavy (non-hydrogen) atoms. The van der Waals surface area contributed by atoms with Crippen LogP contribution in [0.5, 0.6) is 0 Å². The van der Waals surface area contributed by atoms with Crippen LogP contribution >= 0.6 is 0 Å². The molecular formula is C16H29N3O4. The highest BCUT2D eigenvalue weighted by Gasteiger charge is 2.32. The Morgan fingerprint density at radius 1 is 1.17 bits per heavy atom. The molecule has 0 bridgehead atoms. The molecule has 2 aliphatic heterocycles. The van der Waals surface area contributed by atoms with Crippen LogP contribution in [0.2, 0.25) is 0 Å². The lowest BCUT2D eigenvalue weighted by Gasteiger charge is -2.37. The smallest absolute Gasteiger partial charge is 0.409 e. The maximum Gasteiger partial charge on any atom is 0.409 e. The number of piperazine rings is 1. The Morgan fingerprint density at radius 3 is 2.39 bits per heavy atom. The highest BCUT2D eigenvalue weighted by Crippen LogP contribution is 2.19. The summed E-state index contributed by atoms with van der Waals surface area (Å²) in [6.45, 7) is 5.96. The number of carbonyl (C=O) groups excluding carboxylic acids is 2. The Bertz CT molecular complexity index is 391. The van der Waals surface area contributed by atoms with Crippen molar-refractivity contribution < 1.29 is 19.1 Å². The molecule has 2 saturated heterocycles. The first-order chi connectivity index (χ1) is 11.1. The lowest BCUT2D eigenvalue weighted by molar-refractivity contribution is -0.136. The number of hydrogen-bond donors (Lipinski definition) is 1. The molecule has 0 aliphatic carbocycles. The van der Waals surface area contributed by atoms with Gasteiger partial charge in [0.05, 0.1) is 12.6 Å². The molecule has 2 N–H and O–H groups in total. The zero-order chi connectivity index (χ0) is 16.7. The third-order valence-corrected chi connectivity index (χ3v) is 4.63. The van der Waals surface area contributed by atoms with Gasteiger partial charge in [0.1, 0.15) is 0 Å². The maximum absolute atomic E-state index is 12.5. The molecule has 2 fully saturated rings. The van der Waals surface area contributed by atoms with E-state index in [-0.39, 0.29) is 17.9 Å². The Morgan fingerprint density at radius 2 is 1.78 bits per heavy atom.